The van der Waals surface area contributed by atoms with Crippen molar-refractivity contribution in [1.82, 2.24) is 0 Å². The van der Waals surface area contributed by atoms with Crippen LogP contribution in [0.4, 0.5) is 0 Å². The van der Waals surface area contributed by atoms with Crippen molar-refractivity contribution in [2.75, 3.05) is 0 Å². The zero-order valence-corrected chi connectivity index (χ0v) is 12.5. The van der Waals surface area contributed by atoms with Crippen molar-refractivity contribution in [3.63, 3.8) is 0 Å². The van der Waals surface area contributed by atoms with E-state index in [0.29, 0.717) is 6.42 Å². The first-order valence-corrected chi connectivity index (χ1v) is 6.86. The van der Waals surface area contributed by atoms with Crippen LogP contribution in [0.15, 0.2) is 0 Å². The number of carbonyl (C=O) groups excluding carboxylic acids is 2. The molecule has 4 N–H and O–H groups in total. The predicted octanol–water partition coefficient (Wildman–Crippen LogP) is -0.578. The van der Waals surface area contributed by atoms with Gasteiger partial charge in [0.1, 0.15) is 12.2 Å². The molecule has 0 spiro atoms. The Kier molecular flexibility index (Phi) is 8.41. The molecule has 0 aromatic carbocycles. The molecule has 8 nitrogen and oxygen atoms in total. The summed E-state index contributed by atoms with van der Waals surface area (Å²) in [4.78, 5) is 22.7. The second-order valence-corrected chi connectivity index (χ2v) is 4.84. The van der Waals surface area contributed by atoms with E-state index in [1.807, 2.05) is 6.92 Å². The van der Waals surface area contributed by atoms with Crippen LogP contribution < -0.4 is 0 Å². The molecule has 0 fully saturated rings. The van der Waals surface area contributed by atoms with Crippen molar-refractivity contribution in [3.05, 3.63) is 0 Å². The summed E-state index contributed by atoms with van der Waals surface area (Å²) >= 11 is 0. The highest BCUT2D eigenvalue weighted by Gasteiger charge is 2.45. The molecule has 0 heterocycles. The van der Waals surface area contributed by atoms with Gasteiger partial charge in [-0.2, -0.15) is 0 Å². The minimum atomic E-state index is -2.95. The van der Waals surface area contributed by atoms with E-state index in [1.54, 1.807) is 0 Å². The molecule has 21 heavy (non-hydrogen) atoms. The average Bonchev–Trinajstić information content (AvgIpc) is 2.38. The molecule has 8 heteroatoms. The number of rotatable bonds is 9. The van der Waals surface area contributed by atoms with Gasteiger partial charge in [0.05, 0.1) is 0 Å². The zero-order chi connectivity index (χ0) is 16.6. The normalized spacial score (nSPS) is 18.2. The third kappa shape index (κ3) is 6.85. The zero-order valence-electron chi connectivity index (χ0n) is 12.5. The molecule has 0 bridgehead atoms. The Balaban J connectivity index is 4.96. The van der Waals surface area contributed by atoms with Crippen LogP contribution in [-0.4, -0.2) is 56.6 Å². The van der Waals surface area contributed by atoms with E-state index in [1.165, 1.54) is 0 Å². The van der Waals surface area contributed by atoms with E-state index >= 15 is 0 Å². The number of aliphatic hydroxyl groups excluding tert-OH is 3. The minimum absolute atomic E-state index is 0.00448. The van der Waals surface area contributed by atoms with Crippen molar-refractivity contribution >= 4 is 11.9 Å². The van der Waals surface area contributed by atoms with Gasteiger partial charge in [0, 0.05) is 0 Å². The molecule has 0 aromatic rings. The lowest BCUT2D eigenvalue weighted by atomic mass is 10.1. The molecular weight excluding hydrogens is 284 g/mol. The first-order valence-electron chi connectivity index (χ1n) is 6.86. The van der Waals surface area contributed by atoms with E-state index in [-0.39, 0.29) is 6.42 Å². The van der Waals surface area contributed by atoms with Gasteiger partial charge in [-0.1, -0.05) is 26.2 Å². The van der Waals surface area contributed by atoms with Crippen LogP contribution in [0.25, 0.3) is 0 Å². The van der Waals surface area contributed by atoms with Crippen molar-refractivity contribution in [3.8, 4) is 0 Å². The quantitative estimate of drug-likeness (QED) is 0.252. The third-order valence-corrected chi connectivity index (χ3v) is 2.68. The average molecular weight is 308 g/mol. The Morgan fingerprint density at radius 1 is 1.00 bits per heavy atom. The number of hydrogen-bond donors (Lipinski definition) is 4. The maximum atomic E-state index is 11.3. The predicted molar refractivity (Wildman–Crippen MR) is 70.6 cm³/mol. The van der Waals surface area contributed by atoms with Crippen LogP contribution in [0.3, 0.4) is 0 Å². The highest BCUT2D eigenvalue weighted by atomic mass is 16.9. The molecule has 0 saturated carbocycles. The highest BCUT2D eigenvalue weighted by Crippen LogP contribution is 2.21. The molecule has 0 aliphatic heterocycles. The Hall–Kier alpha value is -1.22. The lowest BCUT2D eigenvalue weighted by Crippen LogP contribution is -2.52. The standard InChI is InChI=1S/C13H24O8/c1-4-5-6-7-10(16)13(19,20-11(17)8(2)14)21-12(18)9(3)15/h8-10,14-16,19H,4-7H2,1-3H3. The molecule has 0 aliphatic carbocycles. The first-order chi connectivity index (χ1) is 9.64. The summed E-state index contributed by atoms with van der Waals surface area (Å²) in [6, 6.07) is 0. The number of unbranched alkanes of at least 4 members (excludes halogenated alkanes) is 2. The van der Waals surface area contributed by atoms with E-state index in [0.717, 1.165) is 26.7 Å². The molecule has 3 atom stereocenters. The summed E-state index contributed by atoms with van der Waals surface area (Å²) in [5, 5.41) is 38.1. The van der Waals surface area contributed by atoms with Crippen LogP contribution in [0, 0.1) is 0 Å². The van der Waals surface area contributed by atoms with Crippen LogP contribution in [0.1, 0.15) is 46.5 Å². The topological polar surface area (TPSA) is 134 Å². The monoisotopic (exact) mass is 308 g/mol. The maximum Gasteiger partial charge on any atom is 0.401 e. The van der Waals surface area contributed by atoms with Gasteiger partial charge in [-0.15, -0.1) is 0 Å². The Bertz CT molecular complexity index is 317. The summed E-state index contributed by atoms with van der Waals surface area (Å²) in [6.07, 6.45) is -2.75. The molecule has 0 radical (unpaired) electrons. The van der Waals surface area contributed by atoms with E-state index in [4.69, 9.17) is 10.2 Å². The summed E-state index contributed by atoms with van der Waals surface area (Å²) in [5.41, 5.74) is 0. The minimum Gasteiger partial charge on any atom is -0.394 e. The summed E-state index contributed by atoms with van der Waals surface area (Å²) in [7, 11) is 0. The van der Waals surface area contributed by atoms with Crippen molar-refractivity contribution in [2.45, 2.75) is 70.7 Å². The molecule has 3 unspecified atom stereocenters. The van der Waals surface area contributed by atoms with Gasteiger partial charge in [0.2, 0.25) is 0 Å². The van der Waals surface area contributed by atoms with Gasteiger partial charge >= 0.3 is 17.9 Å². The molecule has 124 valence electrons. The SMILES string of the molecule is CCCCCC(O)C(O)(OC(=O)C(C)O)OC(=O)C(C)O. The highest BCUT2D eigenvalue weighted by molar-refractivity contribution is 5.76. The summed E-state index contributed by atoms with van der Waals surface area (Å²) in [5.74, 6) is -5.49. The van der Waals surface area contributed by atoms with Gasteiger partial charge in [0.15, 0.2) is 6.10 Å². The Labute approximate surface area is 123 Å². The third-order valence-electron chi connectivity index (χ3n) is 2.68. The fraction of sp³-hybridized carbons (Fsp3) is 0.846. The maximum absolute atomic E-state index is 11.3. The number of ether oxygens (including phenoxy) is 2. The molecule has 0 amide bonds. The summed E-state index contributed by atoms with van der Waals surface area (Å²) < 4.78 is 8.95. The fourth-order valence-corrected chi connectivity index (χ4v) is 1.39. The molecule has 0 aromatic heterocycles. The second-order valence-electron chi connectivity index (χ2n) is 4.84. The van der Waals surface area contributed by atoms with E-state index in [2.05, 4.69) is 9.47 Å². The van der Waals surface area contributed by atoms with Crippen LogP contribution in [0.2, 0.25) is 0 Å². The van der Waals surface area contributed by atoms with Crippen molar-refractivity contribution < 1.29 is 39.5 Å². The Morgan fingerprint density at radius 3 is 1.76 bits per heavy atom. The molecule has 0 aliphatic rings. The first kappa shape index (κ1) is 19.8. The Morgan fingerprint density at radius 2 is 1.43 bits per heavy atom. The fourth-order valence-electron chi connectivity index (χ4n) is 1.39. The van der Waals surface area contributed by atoms with Crippen molar-refractivity contribution in [2.24, 2.45) is 0 Å². The van der Waals surface area contributed by atoms with Crippen LogP contribution in [-0.2, 0) is 19.1 Å². The van der Waals surface area contributed by atoms with Gasteiger partial charge in [0.25, 0.3) is 0 Å². The number of aliphatic hydroxyl groups is 4. The van der Waals surface area contributed by atoms with E-state index in [9.17, 15) is 19.8 Å². The summed E-state index contributed by atoms with van der Waals surface area (Å²) in [6.45, 7) is 4.10. The lowest BCUT2D eigenvalue weighted by Gasteiger charge is -2.31. The largest absolute Gasteiger partial charge is 0.401 e. The lowest BCUT2D eigenvalue weighted by molar-refractivity contribution is -0.365. The number of esters is 2. The number of carbonyl (C=O) groups is 2. The number of hydrogen-bond acceptors (Lipinski definition) is 8. The van der Waals surface area contributed by atoms with Gasteiger partial charge < -0.3 is 29.9 Å². The van der Waals surface area contributed by atoms with Gasteiger partial charge in [-0.05, 0) is 20.3 Å². The van der Waals surface area contributed by atoms with E-state index < -0.39 is 36.2 Å². The van der Waals surface area contributed by atoms with Gasteiger partial charge in [-0.3, -0.25) is 0 Å². The van der Waals surface area contributed by atoms with Crippen molar-refractivity contribution in [1.29, 1.82) is 0 Å². The molecular formula is C13H24O8. The van der Waals surface area contributed by atoms with Gasteiger partial charge in [-0.25, -0.2) is 9.59 Å². The van der Waals surface area contributed by atoms with Crippen LogP contribution in [0.5, 0.6) is 0 Å². The second kappa shape index (κ2) is 8.93. The van der Waals surface area contributed by atoms with Crippen LogP contribution >= 0.6 is 0 Å². The molecule has 0 saturated heterocycles. The molecule has 0 rings (SSSR count). The smallest absolute Gasteiger partial charge is 0.394 e.